The van der Waals surface area contributed by atoms with Crippen LogP contribution in [0.1, 0.15) is 17.2 Å². The first-order chi connectivity index (χ1) is 17.6. The third-order valence-corrected chi connectivity index (χ3v) is 7.53. The molecule has 1 unspecified atom stereocenters. The van der Waals surface area contributed by atoms with Crippen molar-refractivity contribution in [2.24, 2.45) is 0 Å². The lowest BCUT2D eigenvalue weighted by Crippen LogP contribution is -2.41. The van der Waals surface area contributed by atoms with E-state index in [1.54, 1.807) is 30.2 Å². The number of nitrogens with zero attached hydrogens (tertiary/aromatic N) is 2. The zero-order valence-electron chi connectivity index (χ0n) is 19.2. The van der Waals surface area contributed by atoms with E-state index in [0.717, 1.165) is 38.1 Å². The van der Waals surface area contributed by atoms with Gasteiger partial charge in [0.25, 0.3) is 5.56 Å². The Balaban J connectivity index is 1.20. The van der Waals surface area contributed by atoms with E-state index < -0.39 is 0 Å². The number of ether oxygens (including phenoxy) is 2. The molecule has 2 N–H and O–H groups in total. The molecule has 7 nitrogen and oxygen atoms in total. The van der Waals surface area contributed by atoms with Gasteiger partial charge in [-0.25, -0.2) is 4.98 Å². The second-order valence-corrected chi connectivity index (χ2v) is 10.0. The van der Waals surface area contributed by atoms with Gasteiger partial charge in [-0.15, -0.1) is 0 Å². The number of para-hydroxylation sites is 1. The molecule has 6 rings (SSSR count). The number of aromatic amines is 1. The molecule has 0 amide bonds. The fourth-order valence-corrected chi connectivity index (χ4v) is 5.56. The summed E-state index contributed by atoms with van der Waals surface area (Å²) in [5.74, 6) is 1.63. The highest BCUT2D eigenvalue weighted by molar-refractivity contribution is 7.99. The van der Waals surface area contributed by atoms with Gasteiger partial charge in [0, 0.05) is 43.3 Å². The van der Waals surface area contributed by atoms with Gasteiger partial charge in [-0.3, -0.25) is 4.79 Å². The number of H-pyrrole nitrogens is 1. The number of hydrogen-bond acceptors (Lipinski definition) is 7. The van der Waals surface area contributed by atoms with Gasteiger partial charge >= 0.3 is 0 Å². The summed E-state index contributed by atoms with van der Waals surface area (Å²) in [7, 11) is 0. The molecule has 4 heterocycles. The van der Waals surface area contributed by atoms with Gasteiger partial charge in [0.15, 0.2) is 0 Å². The highest BCUT2D eigenvalue weighted by Crippen LogP contribution is 2.50. The summed E-state index contributed by atoms with van der Waals surface area (Å²) in [4.78, 5) is 23.4. The Labute approximate surface area is 217 Å². The second-order valence-electron chi connectivity index (χ2n) is 8.57. The molecule has 0 saturated carbocycles. The Morgan fingerprint density at radius 1 is 1.14 bits per heavy atom. The Morgan fingerprint density at radius 3 is 2.94 bits per heavy atom. The molecule has 0 aliphatic carbocycles. The van der Waals surface area contributed by atoms with Crippen LogP contribution < -0.4 is 20.5 Å². The van der Waals surface area contributed by atoms with E-state index in [9.17, 15) is 4.79 Å². The van der Waals surface area contributed by atoms with Crippen molar-refractivity contribution in [3.8, 4) is 11.5 Å². The lowest BCUT2D eigenvalue weighted by Gasteiger charge is -2.35. The first-order valence-corrected chi connectivity index (χ1v) is 12.8. The fraction of sp³-hybridized carbons (Fsp3) is 0.185. The molecular weight excluding hydrogens is 496 g/mol. The van der Waals surface area contributed by atoms with Crippen molar-refractivity contribution in [1.82, 2.24) is 9.97 Å². The van der Waals surface area contributed by atoms with E-state index in [0.29, 0.717) is 37.1 Å². The van der Waals surface area contributed by atoms with Crippen molar-refractivity contribution < 1.29 is 9.47 Å². The maximum Gasteiger partial charge on any atom is 0.271 e. The third-order valence-electron chi connectivity index (χ3n) is 6.22. The maximum atomic E-state index is 12.3. The first kappa shape index (κ1) is 23.0. The molecular formula is C27H23ClN4O3S. The Kier molecular flexibility index (Phi) is 6.31. The van der Waals surface area contributed by atoms with E-state index in [1.807, 2.05) is 42.5 Å². The monoisotopic (exact) mass is 518 g/mol. The van der Waals surface area contributed by atoms with E-state index in [2.05, 4.69) is 32.3 Å². The van der Waals surface area contributed by atoms with Crippen LogP contribution >= 0.6 is 23.4 Å². The predicted octanol–water partition coefficient (Wildman–Crippen LogP) is 5.87. The molecule has 1 atom stereocenters. The molecule has 2 aromatic heterocycles. The van der Waals surface area contributed by atoms with Crippen molar-refractivity contribution in [3.63, 3.8) is 0 Å². The van der Waals surface area contributed by atoms with E-state index in [4.69, 9.17) is 21.1 Å². The van der Waals surface area contributed by atoms with Gasteiger partial charge in [0.2, 0.25) is 0 Å². The molecule has 0 bridgehead atoms. The van der Waals surface area contributed by atoms with E-state index in [1.165, 1.54) is 0 Å². The second kappa shape index (κ2) is 9.89. The smallest absolute Gasteiger partial charge is 0.271 e. The number of pyridine rings is 2. The van der Waals surface area contributed by atoms with Crippen LogP contribution in [0, 0.1) is 0 Å². The molecule has 182 valence electrons. The number of anilines is 2. The van der Waals surface area contributed by atoms with Crippen LogP contribution in [-0.2, 0) is 11.3 Å². The lowest BCUT2D eigenvalue weighted by atomic mass is 10.1. The minimum atomic E-state index is -0.204. The van der Waals surface area contributed by atoms with Gasteiger partial charge in [-0.2, -0.15) is 0 Å². The number of hydrogen-bond donors (Lipinski definition) is 2. The Bertz CT molecular complexity index is 1460. The topological polar surface area (TPSA) is 79.5 Å². The highest BCUT2D eigenvalue weighted by atomic mass is 35.5. The SMILES string of the molecule is O=c1[nH]cccc1N1CCOC(c2cccc3c2Oc2ccc(NCc4ccc(Cl)nc4)cc2S3)C1. The van der Waals surface area contributed by atoms with E-state index in [-0.39, 0.29) is 11.7 Å². The van der Waals surface area contributed by atoms with Crippen LogP contribution in [0.3, 0.4) is 0 Å². The zero-order chi connectivity index (χ0) is 24.5. The number of fused-ring (bicyclic) bond motifs is 2. The van der Waals surface area contributed by atoms with Gasteiger partial charge in [-0.05, 0) is 48.0 Å². The van der Waals surface area contributed by atoms with Crippen molar-refractivity contribution in [1.29, 1.82) is 0 Å². The molecule has 0 radical (unpaired) electrons. The molecule has 4 aromatic rings. The number of halogens is 1. The van der Waals surface area contributed by atoms with Gasteiger partial charge in [0.05, 0.1) is 16.4 Å². The van der Waals surface area contributed by atoms with Crippen molar-refractivity contribution in [3.05, 3.63) is 99.7 Å². The van der Waals surface area contributed by atoms with E-state index >= 15 is 0 Å². The third kappa shape index (κ3) is 4.67. The lowest BCUT2D eigenvalue weighted by molar-refractivity contribution is 0.0382. The summed E-state index contributed by atoms with van der Waals surface area (Å²) < 4.78 is 12.6. The van der Waals surface area contributed by atoms with Crippen LogP contribution in [0.4, 0.5) is 11.4 Å². The zero-order valence-corrected chi connectivity index (χ0v) is 20.8. The summed E-state index contributed by atoms with van der Waals surface area (Å²) in [6.07, 6.45) is 3.21. The Hall–Kier alpha value is -3.46. The number of nitrogens with one attached hydrogen (secondary N) is 2. The molecule has 0 spiro atoms. The van der Waals surface area contributed by atoms with Crippen LogP contribution in [0.25, 0.3) is 0 Å². The van der Waals surface area contributed by atoms with Crippen LogP contribution in [0.2, 0.25) is 5.15 Å². The van der Waals surface area contributed by atoms with Gasteiger partial charge in [-0.1, -0.05) is 41.6 Å². The van der Waals surface area contributed by atoms with Crippen LogP contribution in [-0.4, -0.2) is 29.7 Å². The standard InChI is InChI=1S/C27H23ClN4O3S/c28-25-9-6-17(15-31-25)14-30-18-7-8-21-24(13-18)36-23-5-1-3-19(26(23)35-21)22-16-32(11-12-34-22)20-4-2-10-29-27(20)33/h1-10,13,15,22,30H,11-12,14,16H2,(H,29,33). The van der Waals surface area contributed by atoms with Crippen molar-refractivity contribution in [2.45, 2.75) is 22.4 Å². The average molecular weight is 519 g/mol. The van der Waals surface area contributed by atoms with Crippen molar-refractivity contribution >= 4 is 34.7 Å². The molecule has 1 fully saturated rings. The predicted molar refractivity (Wildman–Crippen MR) is 142 cm³/mol. The number of aromatic nitrogens is 2. The first-order valence-electron chi connectivity index (χ1n) is 11.7. The average Bonchev–Trinajstić information content (AvgIpc) is 2.91. The minimum Gasteiger partial charge on any atom is -0.455 e. The number of morpholine rings is 1. The minimum absolute atomic E-state index is 0.0919. The largest absolute Gasteiger partial charge is 0.455 e. The number of rotatable bonds is 5. The normalized spacial score (nSPS) is 16.6. The molecule has 2 aliphatic rings. The van der Waals surface area contributed by atoms with Gasteiger partial charge in [0.1, 0.15) is 28.4 Å². The highest BCUT2D eigenvalue weighted by Gasteiger charge is 2.29. The molecule has 2 aliphatic heterocycles. The van der Waals surface area contributed by atoms with Crippen LogP contribution in [0.5, 0.6) is 11.5 Å². The molecule has 2 aromatic carbocycles. The fourth-order valence-electron chi connectivity index (χ4n) is 4.42. The summed E-state index contributed by atoms with van der Waals surface area (Å²) in [5, 5.41) is 3.92. The summed E-state index contributed by atoms with van der Waals surface area (Å²) in [6, 6.07) is 19.7. The summed E-state index contributed by atoms with van der Waals surface area (Å²) in [5.41, 5.74) is 3.60. The quantitative estimate of drug-likeness (QED) is 0.282. The van der Waals surface area contributed by atoms with Crippen LogP contribution in [0.15, 0.2) is 87.6 Å². The molecule has 1 saturated heterocycles. The van der Waals surface area contributed by atoms with Gasteiger partial charge < -0.3 is 24.7 Å². The summed E-state index contributed by atoms with van der Waals surface area (Å²) in [6.45, 7) is 2.42. The maximum absolute atomic E-state index is 12.3. The molecule has 36 heavy (non-hydrogen) atoms. The Morgan fingerprint density at radius 2 is 2.08 bits per heavy atom. The molecule has 9 heteroatoms. The van der Waals surface area contributed by atoms with Crippen molar-refractivity contribution in [2.75, 3.05) is 29.9 Å². The number of benzene rings is 2. The summed E-state index contributed by atoms with van der Waals surface area (Å²) >= 11 is 7.56.